The molecule has 2 aromatic rings. The van der Waals surface area contributed by atoms with Crippen molar-refractivity contribution < 1.29 is 24.9 Å². The van der Waals surface area contributed by atoms with E-state index in [1.165, 1.54) is 18.2 Å². The number of esters is 1. The van der Waals surface area contributed by atoms with Crippen LogP contribution in [0.3, 0.4) is 0 Å². The molecule has 2 aromatic carbocycles. The number of carbonyl (C=O) groups is 1. The number of fused-ring (bicyclic) bond motifs is 1. The van der Waals surface area contributed by atoms with Gasteiger partial charge >= 0.3 is 5.97 Å². The lowest BCUT2D eigenvalue weighted by Gasteiger charge is -2.26. The zero-order chi connectivity index (χ0) is 18.1. The summed E-state index contributed by atoms with van der Waals surface area (Å²) in [5.74, 6) is -0.868. The normalized spacial score (nSPS) is 16.1. The van der Waals surface area contributed by atoms with Crippen molar-refractivity contribution in [3.05, 3.63) is 58.7 Å². The van der Waals surface area contributed by atoms with Crippen molar-refractivity contribution in [3.63, 3.8) is 0 Å². The third-order valence-corrected chi connectivity index (χ3v) is 4.33. The van der Waals surface area contributed by atoms with Crippen LogP contribution in [0.2, 0.25) is 0 Å². The molecule has 1 atom stereocenters. The van der Waals surface area contributed by atoms with Gasteiger partial charge in [-0.2, -0.15) is 0 Å². The fourth-order valence-electron chi connectivity index (χ4n) is 3.00. The first-order valence-electron chi connectivity index (χ1n) is 8.07. The summed E-state index contributed by atoms with van der Waals surface area (Å²) in [7, 11) is 0. The van der Waals surface area contributed by atoms with Crippen molar-refractivity contribution in [2.45, 2.75) is 32.6 Å². The van der Waals surface area contributed by atoms with Gasteiger partial charge in [-0.15, -0.1) is 0 Å². The van der Waals surface area contributed by atoms with Gasteiger partial charge in [0.1, 0.15) is 23.0 Å². The van der Waals surface area contributed by atoms with Crippen molar-refractivity contribution in [1.29, 1.82) is 0 Å². The van der Waals surface area contributed by atoms with Crippen LogP contribution >= 0.6 is 0 Å². The number of benzene rings is 2. The van der Waals surface area contributed by atoms with Gasteiger partial charge in [0.2, 0.25) is 0 Å². The number of phenolic OH excluding ortho intramolecular Hbond substituents is 3. The SMILES string of the molecule is CC(C)=CCc1c(O)ccc2c1OC(=O)C(c1ccc(O)cc1O)C2. The van der Waals surface area contributed by atoms with Gasteiger partial charge in [-0.3, -0.25) is 4.79 Å². The summed E-state index contributed by atoms with van der Waals surface area (Å²) >= 11 is 0. The summed E-state index contributed by atoms with van der Waals surface area (Å²) in [6.07, 6.45) is 2.79. The Hall–Kier alpha value is -2.95. The Bertz CT molecular complexity index is 863. The molecule has 0 amide bonds. The molecule has 0 saturated heterocycles. The van der Waals surface area contributed by atoms with Gasteiger partial charge in [0.25, 0.3) is 0 Å². The molecule has 0 aromatic heterocycles. The van der Waals surface area contributed by atoms with Gasteiger partial charge in [-0.1, -0.05) is 23.8 Å². The number of aromatic hydroxyl groups is 3. The molecule has 5 nitrogen and oxygen atoms in total. The Morgan fingerprint density at radius 2 is 1.92 bits per heavy atom. The number of ether oxygens (including phenoxy) is 1. The van der Waals surface area contributed by atoms with Crippen LogP contribution in [0.5, 0.6) is 23.0 Å². The van der Waals surface area contributed by atoms with Crippen LogP contribution in [0.15, 0.2) is 42.0 Å². The molecule has 0 fully saturated rings. The fourth-order valence-corrected chi connectivity index (χ4v) is 3.00. The highest BCUT2D eigenvalue weighted by Crippen LogP contribution is 2.42. The summed E-state index contributed by atoms with van der Waals surface area (Å²) in [6, 6.07) is 7.48. The minimum absolute atomic E-state index is 0.0697. The quantitative estimate of drug-likeness (QED) is 0.452. The summed E-state index contributed by atoms with van der Waals surface area (Å²) in [4.78, 5) is 12.5. The van der Waals surface area contributed by atoms with E-state index in [0.717, 1.165) is 11.1 Å². The van der Waals surface area contributed by atoms with E-state index in [2.05, 4.69) is 0 Å². The molecule has 0 saturated carbocycles. The van der Waals surface area contributed by atoms with Crippen LogP contribution in [0.25, 0.3) is 0 Å². The number of hydrogen-bond acceptors (Lipinski definition) is 5. The zero-order valence-corrected chi connectivity index (χ0v) is 14.1. The van der Waals surface area contributed by atoms with Gasteiger partial charge in [-0.25, -0.2) is 0 Å². The van der Waals surface area contributed by atoms with Crippen LogP contribution in [-0.4, -0.2) is 21.3 Å². The van der Waals surface area contributed by atoms with Crippen molar-refractivity contribution >= 4 is 5.97 Å². The molecule has 0 bridgehead atoms. The van der Waals surface area contributed by atoms with Gasteiger partial charge in [-0.05, 0) is 44.4 Å². The Balaban J connectivity index is 1.99. The van der Waals surface area contributed by atoms with E-state index >= 15 is 0 Å². The largest absolute Gasteiger partial charge is 0.508 e. The van der Waals surface area contributed by atoms with Crippen LogP contribution in [0.1, 0.15) is 36.5 Å². The monoisotopic (exact) mass is 340 g/mol. The Kier molecular flexibility index (Phi) is 4.40. The van der Waals surface area contributed by atoms with Gasteiger partial charge in [0.15, 0.2) is 0 Å². The number of allylic oxidation sites excluding steroid dienone is 2. The molecule has 1 aliphatic rings. The maximum absolute atomic E-state index is 12.5. The molecule has 0 aliphatic carbocycles. The van der Waals surface area contributed by atoms with Gasteiger partial charge in [0.05, 0.1) is 5.92 Å². The van der Waals surface area contributed by atoms with E-state index in [4.69, 9.17) is 4.74 Å². The van der Waals surface area contributed by atoms with Crippen LogP contribution < -0.4 is 4.74 Å². The van der Waals surface area contributed by atoms with E-state index in [9.17, 15) is 20.1 Å². The minimum atomic E-state index is -0.658. The number of hydrogen-bond donors (Lipinski definition) is 3. The highest BCUT2D eigenvalue weighted by atomic mass is 16.5. The Labute approximate surface area is 145 Å². The van der Waals surface area contributed by atoms with Crippen LogP contribution in [0, 0.1) is 0 Å². The molecular weight excluding hydrogens is 320 g/mol. The predicted octanol–water partition coefficient (Wildman–Crippen LogP) is 3.56. The molecule has 0 radical (unpaired) electrons. The molecule has 1 unspecified atom stereocenters. The lowest BCUT2D eigenvalue weighted by molar-refractivity contribution is -0.137. The van der Waals surface area contributed by atoms with Crippen molar-refractivity contribution in [2.24, 2.45) is 0 Å². The zero-order valence-electron chi connectivity index (χ0n) is 14.1. The maximum Gasteiger partial charge on any atom is 0.319 e. The van der Waals surface area contributed by atoms with Crippen LogP contribution in [-0.2, 0) is 17.6 Å². The molecule has 5 heteroatoms. The van der Waals surface area contributed by atoms with E-state index in [0.29, 0.717) is 29.7 Å². The van der Waals surface area contributed by atoms with Crippen molar-refractivity contribution in [2.75, 3.05) is 0 Å². The second-order valence-corrected chi connectivity index (χ2v) is 6.46. The summed E-state index contributed by atoms with van der Waals surface area (Å²) in [5.41, 5.74) is 2.89. The van der Waals surface area contributed by atoms with Gasteiger partial charge in [0, 0.05) is 17.2 Å². The molecule has 3 N–H and O–H groups in total. The van der Waals surface area contributed by atoms with E-state index < -0.39 is 11.9 Å². The summed E-state index contributed by atoms with van der Waals surface area (Å²) in [5, 5.41) is 29.6. The molecule has 0 spiro atoms. The molecule has 1 aliphatic heterocycles. The summed E-state index contributed by atoms with van der Waals surface area (Å²) in [6.45, 7) is 3.92. The minimum Gasteiger partial charge on any atom is -0.508 e. The first-order valence-corrected chi connectivity index (χ1v) is 8.07. The van der Waals surface area contributed by atoms with Crippen LogP contribution in [0.4, 0.5) is 0 Å². The number of carbonyl (C=O) groups excluding carboxylic acids is 1. The fraction of sp³-hybridized carbons (Fsp3) is 0.250. The highest BCUT2D eigenvalue weighted by molar-refractivity contribution is 5.84. The molecule has 130 valence electrons. The summed E-state index contributed by atoms with van der Waals surface area (Å²) < 4.78 is 5.53. The van der Waals surface area contributed by atoms with E-state index in [1.807, 2.05) is 19.9 Å². The highest BCUT2D eigenvalue weighted by Gasteiger charge is 2.33. The second-order valence-electron chi connectivity index (χ2n) is 6.46. The van der Waals surface area contributed by atoms with Gasteiger partial charge < -0.3 is 20.1 Å². The number of phenols is 3. The van der Waals surface area contributed by atoms with E-state index in [1.54, 1.807) is 12.1 Å². The topological polar surface area (TPSA) is 87.0 Å². The Morgan fingerprint density at radius 1 is 1.16 bits per heavy atom. The molecule has 3 rings (SSSR count). The maximum atomic E-state index is 12.5. The number of rotatable bonds is 3. The van der Waals surface area contributed by atoms with Crippen molar-refractivity contribution in [3.8, 4) is 23.0 Å². The third-order valence-electron chi connectivity index (χ3n) is 4.33. The first-order chi connectivity index (χ1) is 11.9. The van der Waals surface area contributed by atoms with Crippen molar-refractivity contribution in [1.82, 2.24) is 0 Å². The second kappa shape index (κ2) is 6.51. The third kappa shape index (κ3) is 3.31. The first kappa shape index (κ1) is 16.9. The molecular formula is C20H20O5. The molecule has 25 heavy (non-hydrogen) atoms. The Morgan fingerprint density at radius 3 is 2.60 bits per heavy atom. The van der Waals surface area contributed by atoms with E-state index in [-0.39, 0.29) is 17.2 Å². The average Bonchev–Trinajstić information content (AvgIpc) is 2.54. The standard InChI is InChI=1S/C20H20O5/c1-11(2)3-6-15-17(22)8-4-12-9-16(20(24)25-19(12)15)14-7-5-13(21)10-18(14)23/h3-5,7-8,10,16,21-23H,6,9H2,1-2H3. The average molecular weight is 340 g/mol. The predicted molar refractivity (Wildman–Crippen MR) is 93.1 cm³/mol. The lowest BCUT2D eigenvalue weighted by Crippen LogP contribution is -2.26. The smallest absolute Gasteiger partial charge is 0.319 e. The molecule has 1 heterocycles. The lowest BCUT2D eigenvalue weighted by atomic mass is 9.87.